The highest BCUT2D eigenvalue weighted by molar-refractivity contribution is 9.10. The Hall–Kier alpha value is -1.88. The molecule has 1 N–H and O–H groups in total. The molecule has 13 heteroatoms. The van der Waals surface area contributed by atoms with E-state index in [1.807, 2.05) is 20.0 Å². The first-order valence-electron chi connectivity index (χ1n) is 18.1. The number of hydrogen-bond donors (Lipinski definition) is 1. The summed E-state index contributed by atoms with van der Waals surface area (Å²) in [5, 5.41) is 3.78. The summed E-state index contributed by atoms with van der Waals surface area (Å²) >= 11 is 3.86. The highest BCUT2D eigenvalue weighted by Crippen LogP contribution is 2.59. The Bertz CT molecular complexity index is 1670. The Morgan fingerprint density at radius 2 is 1.82 bits per heavy atom. The Labute approximate surface area is 303 Å². The Kier molecular flexibility index (Phi) is 10.7. The van der Waals surface area contributed by atoms with Gasteiger partial charge in [-0.3, -0.25) is 14.3 Å². The predicted octanol–water partition coefficient (Wildman–Crippen LogP) is 6.51. The molecule has 0 bridgehead atoms. The smallest absolute Gasteiger partial charge is 0.276 e. The number of hydrogen-bond acceptors (Lipinski definition) is 6. The Morgan fingerprint density at radius 1 is 1.14 bits per heavy atom. The molecule has 3 atom stereocenters. The zero-order valence-electron chi connectivity index (χ0n) is 31.2. The number of anilines is 1. The van der Waals surface area contributed by atoms with Crippen molar-refractivity contribution in [2.24, 2.45) is 11.3 Å². The molecule has 49 heavy (non-hydrogen) atoms. The van der Waals surface area contributed by atoms with Gasteiger partial charge in [-0.25, -0.2) is 4.98 Å². The molecule has 1 saturated heterocycles. The third-order valence-corrected chi connectivity index (χ3v) is 14.9. The maximum atomic E-state index is 13.8. The predicted molar refractivity (Wildman–Crippen MR) is 205 cm³/mol. The minimum absolute atomic E-state index is 0.0620. The molecule has 0 unspecified atom stereocenters. The quantitative estimate of drug-likeness (QED) is 0.114. The number of amides is 1. The van der Waals surface area contributed by atoms with E-state index in [4.69, 9.17) is 19.2 Å². The van der Waals surface area contributed by atoms with Crippen molar-refractivity contribution >= 4 is 54.7 Å². The Balaban J connectivity index is 1.37. The van der Waals surface area contributed by atoms with Crippen LogP contribution >= 0.6 is 15.9 Å². The van der Waals surface area contributed by atoms with Crippen LogP contribution in [0.4, 0.5) is 5.69 Å². The minimum atomic E-state index is -1.27. The van der Waals surface area contributed by atoms with E-state index in [0.29, 0.717) is 44.6 Å². The number of fused-ring (bicyclic) bond motifs is 3. The lowest BCUT2D eigenvalue weighted by Crippen LogP contribution is -2.50. The average Bonchev–Trinajstić information content (AvgIpc) is 3.39. The number of halogens is 1. The molecule has 1 amide bonds. The van der Waals surface area contributed by atoms with E-state index in [0.717, 1.165) is 77.3 Å². The minimum Gasteiger partial charge on any atom is -0.379 e. The first-order valence-corrected chi connectivity index (χ1v) is 26.3. The van der Waals surface area contributed by atoms with Crippen molar-refractivity contribution in [2.75, 3.05) is 51.5 Å². The van der Waals surface area contributed by atoms with E-state index in [1.54, 1.807) is 4.90 Å². The molecule has 1 aliphatic heterocycles. The van der Waals surface area contributed by atoms with Gasteiger partial charge < -0.3 is 19.1 Å². The fourth-order valence-electron chi connectivity index (χ4n) is 7.24. The molecule has 6 rings (SSSR count). The van der Waals surface area contributed by atoms with Gasteiger partial charge in [0.2, 0.25) is 11.6 Å². The summed E-state index contributed by atoms with van der Waals surface area (Å²) in [6, 6.07) is 6.12. The van der Waals surface area contributed by atoms with Crippen LogP contribution in [0.5, 0.6) is 0 Å². The van der Waals surface area contributed by atoms with Crippen LogP contribution in [0, 0.1) is 11.3 Å². The van der Waals surface area contributed by atoms with Gasteiger partial charge in [0.1, 0.15) is 17.9 Å². The van der Waals surface area contributed by atoms with Gasteiger partial charge in [-0.1, -0.05) is 50.9 Å². The number of nitrogens with zero attached hydrogens (tertiary/aromatic N) is 5. The van der Waals surface area contributed by atoms with Crippen LogP contribution < -0.4 is 9.58 Å². The number of imidazole rings is 1. The second-order valence-corrected chi connectivity index (χ2v) is 29.4. The van der Waals surface area contributed by atoms with Crippen molar-refractivity contribution in [3.05, 3.63) is 27.9 Å². The van der Waals surface area contributed by atoms with Crippen molar-refractivity contribution in [3.8, 4) is 11.5 Å². The van der Waals surface area contributed by atoms with Crippen molar-refractivity contribution in [1.29, 1.82) is 0 Å². The number of H-pyrrole nitrogens is 1. The first kappa shape index (κ1) is 36.9. The number of carbonyl (C=O) groups is 1. The monoisotopic (exact) mass is 773 g/mol. The third-order valence-electron chi connectivity index (χ3n) is 10.9. The summed E-state index contributed by atoms with van der Waals surface area (Å²) in [4.78, 5) is 23.1. The molecule has 2 fully saturated rings. The number of benzene rings is 1. The van der Waals surface area contributed by atoms with Crippen LogP contribution in [0.15, 0.2) is 16.6 Å². The van der Waals surface area contributed by atoms with Gasteiger partial charge in [-0.15, -0.1) is 0 Å². The molecular weight excluding hydrogens is 717 g/mol. The second kappa shape index (κ2) is 14.3. The average molecular weight is 775 g/mol. The molecule has 2 aliphatic carbocycles. The summed E-state index contributed by atoms with van der Waals surface area (Å²) in [5.74, 6) is 1.64. The maximum Gasteiger partial charge on any atom is 0.276 e. The molecular formula is C36H58BrN6O4Si2+. The van der Waals surface area contributed by atoms with Crippen LogP contribution in [0.2, 0.25) is 51.4 Å². The normalized spacial score (nSPS) is 21.9. The summed E-state index contributed by atoms with van der Waals surface area (Å²) in [6.45, 7) is 24.0. The van der Waals surface area contributed by atoms with E-state index >= 15 is 0 Å². The molecule has 2 aromatic heterocycles. The number of likely N-dealkylation sites (N-methyl/N-ethyl adjacent to an activating group) is 1. The number of ether oxygens (including phenoxy) is 3. The lowest BCUT2D eigenvalue weighted by molar-refractivity contribution is -0.787. The van der Waals surface area contributed by atoms with Gasteiger partial charge in [0.25, 0.3) is 6.73 Å². The van der Waals surface area contributed by atoms with Crippen LogP contribution in [0.3, 0.4) is 0 Å². The standard InChI is InChI=1S/C36H57BrN6O4Si2/c1-25(41-10-12-45-13-11-41)35(44)40(3)27-19-29(37)33-30(20-27)42(23-46-14-16-48(4,5)6)34(38-33)32-28-18-26-21-36(26,2)22-31(28)43(39-32)24-47-15-17-49(7,8)9/h19-20,25-26H,10-18,21-24H2,1-9H3/p+1/t25-,26+,36+/m0/s1. The highest BCUT2D eigenvalue weighted by Gasteiger charge is 2.56. The molecule has 1 aromatic carbocycles. The topological polar surface area (TPSA) is 88.7 Å². The second-order valence-electron chi connectivity index (χ2n) is 17.4. The van der Waals surface area contributed by atoms with Gasteiger partial charge in [0, 0.05) is 59.5 Å². The van der Waals surface area contributed by atoms with Crippen LogP contribution in [0.25, 0.3) is 22.6 Å². The fourth-order valence-corrected chi connectivity index (χ4v) is 9.28. The number of morpholine rings is 1. The largest absolute Gasteiger partial charge is 0.379 e. The van der Waals surface area contributed by atoms with Crippen LogP contribution in [0.1, 0.15) is 31.5 Å². The van der Waals surface area contributed by atoms with E-state index in [2.05, 4.69) is 87.4 Å². The van der Waals surface area contributed by atoms with Crippen LogP contribution in [-0.4, -0.2) is 94.2 Å². The van der Waals surface area contributed by atoms with Crippen molar-refractivity contribution in [2.45, 2.75) is 104 Å². The number of rotatable bonds is 14. The summed E-state index contributed by atoms with van der Waals surface area (Å²) < 4.78 is 23.6. The van der Waals surface area contributed by atoms with E-state index in [-0.39, 0.29) is 11.9 Å². The molecule has 3 heterocycles. The zero-order chi connectivity index (χ0) is 35.3. The molecule has 1 saturated carbocycles. The summed E-state index contributed by atoms with van der Waals surface area (Å²) in [6.07, 6.45) is 3.37. The van der Waals surface area contributed by atoms with Gasteiger partial charge in [0.15, 0.2) is 5.82 Å². The van der Waals surface area contributed by atoms with Gasteiger partial charge in [0.05, 0.1) is 36.9 Å². The molecule has 10 nitrogen and oxygen atoms in total. The lowest BCUT2D eigenvalue weighted by atomic mass is 9.87. The third kappa shape index (κ3) is 8.28. The summed E-state index contributed by atoms with van der Waals surface area (Å²) in [7, 11) is -0.586. The number of nitrogens with one attached hydrogen (secondary N) is 1. The SMILES string of the molecule is C[C@@H](C(=O)N(C)c1cc(Br)c2nc(-c3[nH][n+](COCC[Si](C)(C)C)c4c3C[C@@H]3C[C@]3(C)C4)n(COCC[Si](C)(C)C)c2c1)N1CCOCC1. The number of aromatic amines is 1. The zero-order valence-corrected chi connectivity index (χ0v) is 34.8. The molecule has 0 radical (unpaired) electrons. The molecule has 3 aliphatic rings. The number of carbonyl (C=O) groups excluding carboxylic acids is 1. The van der Waals surface area contributed by atoms with E-state index in [9.17, 15) is 4.79 Å². The van der Waals surface area contributed by atoms with Gasteiger partial charge >= 0.3 is 0 Å². The molecule has 3 aromatic rings. The lowest BCUT2D eigenvalue weighted by Gasteiger charge is -2.33. The van der Waals surface area contributed by atoms with Crippen molar-refractivity contribution in [3.63, 3.8) is 0 Å². The Morgan fingerprint density at radius 3 is 2.49 bits per heavy atom. The first-order chi connectivity index (χ1) is 23.0. The maximum absolute atomic E-state index is 13.8. The highest BCUT2D eigenvalue weighted by atomic mass is 79.9. The van der Waals surface area contributed by atoms with Crippen LogP contribution in [-0.2, 0) is 45.3 Å². The molecule has 270 valence electrons. The van der Waals surface area contributed by atoms with Gasteiger partial charge in [-0.05, 0) is 71.2 Å². The van der Waals surface area contributed by atoms with Crippen molar-refractivity contribution in [1.82, 2.24) is 19.5 Å². The van der Waals surface area contributed by atoms with Crippen molar-refractivity contribution < 1.29 is 23.7 Å². The van der Waals surface area contributed by atoms with E-state index < -0.39 is 16.1 Å². The van der Waals surface area contributed by atoms with Gasteiger partial charge in [-0.2, -0.15) is 5.10 Å². The van der Waals surface area contributed by atoms with E-state index in [1.165, 1.54) is 17.7 Å². The number of aromatic nitrogens is 4. The summed E-state index contributed by atoms with van der Waals surface area (Å²) in [5.41, 5.74) is 6.77. The molecule has 0 spiro atoms. The fraction of sp³-hybridized carbons (Fsp3) is 0.694.